The lowest BCUT2D eigenvalue weighted by molar-refractivity contribution is -0.140. The lowest BCUT2D eigenvalue weighted by Crippen LogP contribution is -2.26. The fraction of sp³-hybridized carbons (Fsp3) is 0.375. The highest BCUT2D eigenvalue weighted by Gasteiger charge is 2.13. The van der Waals surface area contributed by atoms with E-state index in [1.807, 2.05) is 36.4 Å². The van der Waals surface area contributed by atoms with Crippen LogP contribution >= 0.6 is 0 Å². The predicted molar refractivity (Wildman–Crippen MR) is 149 cm³/mol. The molecule has 5 heteroatoms. The Labute approximate surface area is 221 Å². The van der Waals surface area contributed by atoms with Crippen molar-refractivity contribution in [1.29, 1.82) is 0 Å². The number of ether oxygens (including phenoxy) is 2. The highest BCUT2D eigenvalue weighted by Crippen LogP contribution is 2.27. The van der Waals surface area contributed by atoms with Crippen LogP contribution in [0.3, 0.4) is 0 Å². The number of amides is 1. The SMILES string of the molecule is COC(=O)CCNC(=O)c1ccc(CCC(C)COc2ccc(-c3ccc(C(C)(C)C)cc3)cc2)cc1. The standard InChI is InChI=1S/C32H39NO4/c1-23(6-7-24-8-10-27(11-9-24)31(35)33-21-20-30(34)36-5)22-37-29-18-14-26(15-19-29)25-12-16-28(17-13-25)32(2,3)4/h8-19,23H,6-7,20-22H2,1-5H3,(H,33,35). The van der Waals surface area contributed by atoms with Gasteiger partial charge in [0, 0.05) is 12.1 Å². The van der Waals surface area contributed by atoms with Crippen molar-refractivity contribution in [1.82, 2.24) is 5.32 Å². The average molecular weight is 502 g/mol. The first-order chi connectivity index (χ1) is 17.7. The number of nitrogens with one attached hydrogen (secondary N) is 1. The summed E-state index contributed by atoms with van der Waals surface area (Å²) in [5.41, 5.74) is 5.64. The number of esters is 1. The number of rotatable bonds is 11. The molecule has 0 aliphatic rings. The highest BCUT2D eigenvalue weighted by molar-refractivity contribution is 5.94. The smallest absolute Gasteiger partial charge is 0.307 e. The third-order valence-corrected chi connectivity index (χ3v) is 6.46. The summed E-state index contributed by atoms with van der Waals surface area (Å²) in [7, 11) is 1.33. The number of carbonyl (C=O) groups is 2. The van der Waals surface area contributed by atoms with Crippen molar-refractivity contribution in [2.75, 3.05) is 20.3 Å². The Morgan fingerprint density at radius 2 is 1.46 bits per heavy atom. The van der Waals surface area contributed by atoms with Gasteiger partial charge in [0.2, 0.25) is 0 Å². The third kappa shape index (κ3) is 8.78. The minimum atomic E-state index is -0.340. The molecule has 0 aromatic heterocycles. The van der Waals surface area contributed by atoms with Crippen LogP contribution in [0.4, 0.5) is 0 Å². The van der Waals surface area contributed by atoms with Crippen LogP contribution in [-0.4, -0.2) is 32.1 Å². The summed E-state index contributed by atoms with van der Waals surface area (Å²) in [6.07, 6.45) is 2.07. The molecular formula is C32H39NO4. The fourth-order valence-electron chi connectivity index (χ4n) is 3.95. The van der Waals surface area contributed by atoms with Crippen molar-refractivity contribution >= 4 is 11.9 Å². The van der Waals surface area contributed by atoms with Crippen LogP contribution in [0.15, 0.2) is 72.8 Å². The Kier molecular flexibility index (Phi) is 9.90. The second-order valence-electron chi connectivity index (χ2n) is 10.6. The molecular weight excluding hydrogens is 462 g/mol. The summed E-state index contributed by atoms with van der Waals surface area (Å²) in [6, 6.07) is 24.7. The van der Waals surface area contributed by atoms with Crippen molar-refractivity contribution in [3.8, 4) is 16.9 Å². The van der Waals surface area contributed by atoms with Crippen molar-refractivity contribution in [3.63, 3.8) is 0 Å². The molecule has 196 valence electrons. The first-order valence-electron chi connectivity index (χ1n) is 12.9. The molecule has 1 unspecified atom stereocenters. The Hall–Kier alpha value is -3.60. The topological polar surface area (TPSA) is 64.6 Å². The minimum absolute atomic E-state index is 0.153. The third-order valence-electron chi connectivity index (χ3n) is 6.46. The van der Waals surface area contributed by atoms with E-state index in [9.17, 15) is 9.59 Å². The van der Waals surface area contributed by atoms with Gasteiger partial charge in [0.1, 0.15) is 5.75 Å². The van der Waals surface area contributed by atoms with Gasteiger partial charge in [0.15, 0.2) is 0 Å². The molecule has 0 heterocycles. The van der Waals surface area contributed by atoms with E-state index in [0.29, 0.717) is 18.1 Å². The molecule has 3 aromatic carbocycles. The molecule has 1 amide bonds. The molecule has 1 atom stereocenters. The van der Waals surface area contributed by atoms with E-state index in [2.05, 4.69) is 74.1 Å². The Balaban J connectivity index is 1.41. The van der Waals surface area contributed by atoms with Crippen LogP contribution in [0.2, 0.25) is 0 Å². The monoisotopic (exact) mass is 501 g/mol. The first kappa shape index (κ1) is 28.0. The highest BCUT2D eigenvalue weighted by atomic mass is 16.5. The number of methoxy groups -OCH3 is 1. The molecule has 1 N–H and O–H groups in total. The van der Waals surface area contributed by atoms with Crippen LogP contribution in [0, 0.1) is 5.92 Å². The minimum Gasteiger partial charge on any atom is -0.493 e. The number of carbonyl (C=O) groups excluding carboxylic acids is 2. The maximum atomic E-state index is 12.2. The van der Waals surface area contributed by atoms with Gasteiger partial charge >= 0.3 is 5.97 Å². The van der Waals surface area contributed by atoms with Crippen LogP contribution in [0.25, 0.3) is 11.1 Å². The van der Waals surface area contributed by atoms with Gasteiger partial charge in [-0.15, -0.1) is 0 Å². The lowest BCUT2D eigenvalue weighted by atomic mass is 9.86. The molecule has 3 rings (SSSR count). The van der Waals surface area contributed by atoms with Gasteiger partial charge in [-0.05, 0) is 70.7 Å². The summed E-state index contributed by atoms with van der Waals surface area (Å²) >= 11 is 0. The van der Waals surface area contributed by atoms with Crippen molar-refractivity contribution in [2.45, 2.75) is 52.4 Å². The maximum Gasteiger partial charge on any atom is 0.307 e. The molecule has 0 saturated heterocycles. The van der Waals surface area contributed by atoms with E-state index >= 15 is 0 Å². The number of benzene rings is 3. The van der Waals surface area contributed by atoms with Gasteiger partial charge < -0.3 is 14.8 Å². The summed E-state index contributed by atoms with van der Waals surface area (Å²) in [5, 5.41) is 2.73. The molecule has 5 nitrogen and oxygen atoms in total. The van der Waals surface area contributed by atoms with E-state index in [4.69, 9.17) is 4.74 Å². The van der Waals surface area contributed by atoms with E-state index in [1.54, 1.807) is 0 Å². The molecule has 37 heavy (non-hydrogen) atoms. The second-order valence-corrected chi connectivity index (χ2v) is 10.6. The van der Waals surface area contributed by atoms with Gasteiger partial charge in [0.05, 0.1) is 20.1 Å². The molecule has 0 radical (unpaired) electrons. The molecule has 0 bridgehead atoms. The fourth-order valence-corrected chi connectivity index (χ4v) is 3.95. The summed E-state index contributed by atoms with van der Waals surface area (Å²) in [5.74, 6) is 0.744. The normalized spacial score (nSPS) is 12.0. The Morgan fingerprint density at radius 1 is 0.865 bits per heavy atom. The molecule has 0 saturated carbocycles. The molecule has 0 fully saturated rings. The van der Waals surface area contributed by atoms with Gasteiger partial charge in [-0.3, -0.25) is 9.59 Å². The predicted octanol–water partition coefficient (Wildman–Crippen LogP) is 6.59. The van der Waals surface area contributed by atoms with Crippen LogP contribution in [0.5, 0.6) is 5.75 Å². The van der Waals surface area contributed by atoms with Crippen LogP contribution in [-0.2, 0) is 21.4 Å². The van der Waals surface area contributed by atoms with E-state index in [-0.39, 0.29) is 30.3 Å². The number of hydrogen-bond donors (Lipinski definition) is 1. The number of aryl methyl sites for hydroxylation is 1. The summed E-state index contributed by atoms with van der Waals surface area (Å²) in [4.78, 5) is 23.3. The molecule has 0 aliphatic carbocycles. The van der Waals surface area contributed by atoms with E-state index < -0.39 is 0 Å². The Morgan fingerprint density at radius 3 is 2.03 bits per heavy atom. The van der Waals surface area contributed by atoms with E-state index in [1.165, 1.54) is 29.4 Å². The molecule has 3 aromatic rings. The van der Waals surface area contributed by atoms with Crippen LogP contribution < -0.4 is 10.1 Å². The number of hydrogen-bond acceptors (Lipinski definition) is 4. The average Bonchev–Trinajstić information content (AvgIpc) is 2.90. The quantitative estimate of drug-likeness (QED) is 0.301. The largest absolute Gasteiger partial charge is 0.493 e. The van der Waals surface area contributed by atoms with Gasteiger partial charge in [0.25, 0.3) is 5.91 Å². The van der Waals surface area contributed by atoms with Crippen molar-refractivity contribution in [2.24, 2.45) is 5.92 Å². The molecule has 0 spiro atoms. The zero-order valence-electron chi connectivity index (χ0n) is 22.7. The van der Waals surface area contributed by atoms with E-state index in [0.717, 1.165) is 18.6 Å². The first-order valence-corrected chi connectivity index (χ1v) is 12.9. The lowest BCUT2D eigenvalue weighted by Gasteiger charge is -2.19. The molecule has 0 aliphatic heterocycles. The zero-order valence-corrected chi connectivity index (χ0v) is 22.7. The van der Waals surface area contributed by atoms with Crippen molar-refractivity contribution in [3.05, 3.63) is 89.5 Å². The second kappa shape index (κ2) is 13.1. The van der Waals surface area contributed by atoms with Gasteiger partial charge in [-0.25, -0.2) is 0 Å². The Bertz CT molecular complexity index is 1140. The summed E-state index contributed by atoms with van der Waals surface area (Å²) < 4.78 is 10.6. The summed E-state index contributed by atoms with van der Waals surface area (Å²) in [6.45, 7) is 9.78. The van der Waals surface area contributed by atoms with Crippen molar-refractivity contribution < 1.29 is 19.1 Å². The van der Waals surface area contributed by atoms with Gasteiger partial charge in [-0.2, -0.15) is 0 Å². The zero-order chi connectivity index (χ0) is 26.8. The van der Waals surface area contributed by atoms with Gasteiger partial charge in [-0.1, -0.05) is 76.2 Å². The van der Waals surface area contributed by atoms with Crippen LogP contribution in [0.1, 0.15) is 62.0 Å². The maximum absolute atomic E-state index is 12.2.